The van der Waals surface area contributed by atoms with E-state index in [0.29, 0.717) is 12.3 Å². The number of carbonyl (C=O) groups excluding carboxylic acids is 2. The smallest absolute Gasteiger partial charge is 0.341 e. The Labute approximate surface area is 184 Å². The predicted octanol–water partition coefficient (Wildman–Crippen LogP) is 5.20. The molecule has 1 aromatic rings. The number of carbonyl (C=O) groups is 2. The van der Waals surface area contributed by atoms with Gasteiger partial charge in [-0.1, -0.05) is 70.5 Å². The molecule has 0 radical (unpaired) electrons. The molecule has 30 heavy (non-hydrogen) atoms. The van der Waals surface area contributed by atoms with Gasteiger partial charge >= 0.3 is 11.9 Å². The van der Waals surface area contributed by atoms with Crippen LogP contribution in [0.1, 0.15) is 52.5 Å². The third kappa shape index (κ3) is 6.21. The van der Waals surface area contributed by atoms with Crippen molar-refractivity contribution in [2.24, 2.45) is 16.3 Å². The Morgan fingerprint density at radius 2 is 2.00 bits per heavy atom. The highest BCUT2D eigenvalue weighted by Gasteiger charge is 2.51. The summed E-state index contributed by atoms with van der Waals surface area (Å²) in [6, 6.07) is 9.55. The number of hydrogen-bond acceptors (Lipinski definition) is 6. The maximum atomic E-state index is 13.0. The van der Waals surface area contributed by atoms with E-state index >= 15 is 0 Å². The molecule has 0 N–H and O–H groups in total. The molecule has 1 heterocycles. The van der Waals surface area contributed by atoms with Crippen molar-refractivity contribution < 1.29 is 19.1 Å². The number of thioether (sulfide) groups is 1. The van der Waals surface area contributed by atoms with Crippen LogP contribution in [-0.2, 0) is 25.7 Å². The molecule has 0 spiro atoms. The second-order valence-electron chi connectivity index (χ2n) is 8.57. The minimum atomic E-state index is -0.988. The second kappa shape index (κ2) is 10.8. The quantitative estimate of drug-likeness (QED) is 0.376. The summed E-state index contributed by atoms with van der Waals surface area (Å²) in [4.78, 5) is 30.2. The molecule has 1 aliphatic rings. The van der Waals surface area contributed by atoms with Crippen LogP contribution in [0.4, 0.5) is 0 Å². The summed E-state index contributed by atoms with van der Waals surface area (Å²) in [7, 11) is 0. The van der Waals surface area contributed by atoms with E-state index in [1.54, 1.807) is 17.8 Å². The van der Waals surface area contributed by atoms with Gasteiger partial charge in [0.1, 0.15) is 6.61 Å². The molecule has 5 nitrogen and oxygen atoms in total. The zero-order valence-electron chi connectivity index (χ0n) is 18.6. The van der Waals surface area contributed by atoms with Gasteiger partial charge in [-0.05, 0) is 30.4 Å². The summed E-state index contributed by atoms with van der Waals surface area (Å²) in [6.45, 7) is 8.22. The largest absolute Gasteiger partial charge is 0.458 e. The first-order valence-corrected chi connectivity index (χ1v) is 11.8. The van der Waals surface area contributed by atoms with Gasteiger partial charge in [-0.15, -0.1) is 0 Å². The zero-order valence-corrected chi connectivity index (χ0v) is 19.5. The molecule has 0 saturated carbocycles. The average Bonchev–Trinajstić information content (AvgIpc) is 3.06. The van der Waals surface area contributed by atoms with Gasteiger partial charge in [0.05, 0.1) is 0 Å². The SMILES string of the molecule is CCC[C@@H](/C=C/C(=O)OCc1ccccc1)[C@@]1(CCSC)N=C(C(C)(C)C)OC1=O. The zero-order chi connectivity index (χ0) is 22.2. The summed E-state index contributed by atoms with van der Waals surface area (Å²) in [5.41, 5.74) is -0.413. The van der Waals surface area contributed by atoms with Crippen LogP contribution in [0.25, 0.3) is 0 Å². The molecule has 2 atom stereocenters. The van der Waals surface area contributed by atoms with E-state index in [1.807, 2.05) is 57.4 Å². The Bertz CT molecular complexity index is 782. The number of rotatable bonds is 10. The summed E-state index contributed by atoms with van der Waals surface area (Å²) in [5, 5.41) is 0. The van der Waals surface area contributed by atoms with Crippen molar-refractivity contribution in [3.8, 4) is 0 Å². The van der Waals surface area contributed by atoms with Crippen molar-refractivity contribution in [3.63, 3.8) is 0 Å². The van der Waals surface area contributed by atoms with Crippen molar-refractivity contribution in [1.29, 1.82) is 0 Å². The number of cyclic esters (lactones) is 1. The number of ether oxygens (including phenoxy) is 2. The molecular formula is C24H33NO4S. The van der Waals surface area contributed by atoms with Gasteiger partial charge in [0, 0.05) is 17.4 Å². The minimum Gasteiger partial charge on any atom is -0.458 e. The molecule has 0 amide bonds. The highest BCUT2D eigenvalue weighted by molar-refractivity contribution is 7.98. The molecule has 0 bridgehead atoms. The lowest BCUT2D eigenvalue weighted by molar-refractivity contribution is -0.141. The summed E-state index contributed by atoms with van der Waals surface area (Å²) >= 11 is 1.67. The molecule has 6 heteroatoms. The maximum absolute atomic E-state index is 13.0. The number of esters is 2. The van der Waals surface area contributed by atoms with Crippen molar-refractivity contribution in [1.82, 2.24) is 0 Å². The van der Waals surface area contributed by atoms with Crippen LogP contribution in [0.3, 0.4) is 0 Å². The Morgan fingerprint density at radius 1 is 1.30 bits per heavy atom. The number of benzene rings is 1. The van der Waals surface area contributed by atoms with Gasteiger partial charge < -0.3 is 9.47 Å². The maximum Gasteiger partial charge on any atom is 0.341 e. The van der Waals surface area contributed by atoms with Gasteiger partial charge in [0.2, 0.25) is 0 Å². The topological polar surface area (TPSA) is 65.0 Å². The van der Waals surface area contributed by atoms with E-state index in [1.165, 1.54) is 6.08 Å². The van der Waals surface area contributed by atoms with Crippen LogP contribution >= 0.6 is 11.8 Å². The van der Waals surface area contributed by atoms with Crippen LogP contribution in [0.15, 0.2) is 47.5 Å². The van der Waals surface area contributed by atoms with Crippen LogP contribution in [0.5, 0.6) is 0 Å². The number of hydrogen-bond donors (Lipinski definition) is 0. The molecule has 0 aliphatic carbocycles. The lowest BCUT2D eigenvalue weighted by Gasteiger charge is -2.29. The minimum absolute atomic E-state index is 0.217. The molecule has 0 saturated heterocycles. The molecule has 0 aromatic heterocycles. The Balaban J connectivity index is 2.22. The molecule has 0 unspecified atom stereocenters. The standard InChI is InChI=1S/C24H33NO4S/c1-6-10-19(13-14-20(26)28-17-18-11-8-7-9-12-18)24(15-16-30-5)22(27)29-21(25-24)23(2,3)4/h7-9,11-14,19H,6,10,15-17H2,1-5H3/b14-13+/t19-,24+/m0/s1. The van der Waals surface area contributed by atoms with E-state index in [0.717, 1.165) is 24.2 Å². The molecule has 1 aliphatic heterocycles. The highest BCUT2D eigenvalue weighted by Crippen LogP contribution is 2.40. The molecule has 164 valence electrons. The second-order valence-corrected chi connectivity index (χ2v) is 9.56. The Morgan fingerprint density at radius 3 is 2.57 bits per heavy atom. The number of aliphatic imine (C=N–C) groups is 1. The molecule has 1 aromatic carbocycles. The first-order chi connectivity index (χ1) is 14.2. The van der Waals surface area contributed by atoms with Gasteiger partial charge in [-0.3, -0.25) is 0 Å². The van der Waals surface area contributed by atoms with Gasteiger partial charge in [-0.25, -0.2) is 14.6 Å². The molecular weight excluding hydrogens is 398 g/mol. The third-order valence-electron chi connectivity index (χ3n) is 5.07. The highest BCUT2D eigenvalue weighted by atomic mass is 32.2. The Hall–Kier alpha value is -2.08. The third-order valence-corrected chi connectivity index (χ3v) is 5.69. The van der Waals surface area contributed by atoms with Gasteiger partial charge in [0.25, 0.3) is 0 Å². The normalized spacial score (nSPS) is 20.2. The van der Waals surface area contributed by atoms with E-state index in [-0.39, 0.29) is 23.9 Å². The number of nitrogens with zero attached hydrogens (tertiary/aromatic N) is 1. The van der Waals surface area contributed by atoms with Crippen molar-refractivity contribution in [2.75, 3.05) is 12.0 Å². The monoisotopic (exact) mass is 431 g/mol. The summed E-state index contributed by atoms with van der Waals surface area (Å²) < 4.78 is 11.0. The van der Waals surface area contributed by atoms with E-state index < -0.39 is 11.5 Å². The van der Waals surface area contributed by atoms with E-state index in [4.69, 9.17) is 14.5 Å². The van der Waals surface area contributed by atoms with Crippen LogP contribution in [-0.4, -0.2) is 35.4 Å². The summed E-state index contributed by atoms with van der Waals surface area (Å²) in [6.07, 6.45) is 7.39. The fraction of sp³-hybridized carbons (Fsp3) is 0.542. The fourth-order valence-electron chi connectivity index (χ4n) is 3.36. The Kier molecular flexibility index (Phi) is 8.71. The van der Waals surface area contributed by atoms with Gasteiger partial charge in [0.15, 0.2) is 11.4 Å². The van der Waals surface area contributed by atoms with Crippen molar-refractivity contribution in [3.05, 3.63) is 48.0 Å². The summed E-state index contributed by atoms with van der Waals surface area (Å²) in [5.74, 6) is 0.275. The lowest BCUT2D eigenvalue weighted by atomic mass is 9.79. The van der Waals surface area contributed by atoms with Gasteiger partial charge in [-0.2, -0.15) is 11.8 Å². The predicted molar refractivity (Wildman–Crippen MR) is 122 cm³/mol. The van der Waals surface area contributed by atoms with Crippen molar-refractivity contribution in [2.45, 2.75) is 59.1 Å². The average molecular weight is 432 g/mol. The van der Waals surface area contributed by atoms with Crippen LogP contribution < -0.4 is 0 Å². The van der Waals surface area contributed by atoms with Crippen LogP contribution in [0, 0.1) is 11.3 Å². The molecule has 2 rings (SSSR count). The first-order valence-electron chi connectivity index (χ1n) is 10.4. The van der Waals surface area contributed by atoms with E-state index in [9.17, 15) is 9.59 Å². The van der Waals surface area contributed by atoms with E-state index in [2.05, 4.69) is 6.92 Å². The first kappa shape index (κ1) is 24.2. The lowest BCUT2D eigenvalue weighted by Crippen LogP contribution is -2.42. The fourth-order valence-corrected chi connectivity index (χ4v) is 3.87. The van der Waals surface area contributed by atoms with Crippen LogP contribution in [0.2, 0.25) is 0 Å². The molecule has 0 fully saturated rings. The van der Waals surface area contributed by atoms with Crippen molar-refractivity contribution >= 4 is 29.6 Å².